The molecule has 3 rings (SSSR count). The van der Waals surface area contributed by atoms with Gasteiger partial charge in [0.1, 0.15) is 11.9 Å². The minimum Gasteiger partial charge on any atom is -0.479 e. The van der Waals surface area contributed by atoms with Crippen molar-refractivity contribution in [1.29, 1.82) is 0 Å². The zero-order chi connectivity index (χ0) is 17.8. The molecular weight excluding hydrogens is 324 g/mol. The second-order valence-electron chi connectivity index (χ2n) is 6.00. The smallest absolute Gasteiger partial charge is 0.254 e. The number of nitrogens with zero attached hydrogens (tertiary/aromatic N) is 3. The zero-order valence-electron chi connectivity index (χ0n) is 14.4. The number of carbonyl (C=O) groups excluding carboxylic acids is 1. The summed E-state index contributed by atoms with van der Waals surface area (Å²) in [4.78, 5) is 18.8. The summed E-state index contributed by atoms with van der Waals surface area (Å²) in [6.07, 6.45) is 0.562. The Morgan fingerprint density at radius 2 is 2.28 bits per heavy atom. The molecule has 3 heterocycles. The quantitative estimate of drug-likeness (QED) is 0.875. The van der Waals surface area contributed by atoms with Crippen LogP contribution in [0, 0.1) is 6.92 Å². The van der Waals surface area contributed by atoms with Gasteiger partial charge in [0.2, 0.25) is 5.91 Å². The maximum absolute atomic E-state index is 12.5. The lowest BCUT2D eigenvalue weighted by Gasteiger charge is -2.33. The summed E-state index contributed by atoms with van der Waals surface area (Å²) in [5.41, 5.74) is 8.12. The molecule has 0 saturated carbocycles. The van der Waals surface area contributed by atoms with Gasteiger partial charge in [-0.25, -0.2) is 0 Å². The molecule has 1 atom stereocenters. The summed E-state index contributed by atoms with van der Waals surface area (Å²) in [5, 5.41) is 3.73. The van der Waals surface area contributed by atoms with E-state index in [0.29, 0.717) is 49.9 Å². The van der Waals surface area contributed by atoms with E-state index >= 15 is 0 Å². The Balaban J connectivity index is 1.59. The molecule has 0 aromatic carbocycles. The van der Waals surface area contributed by atoms with Crippen molar-refractivity contribution in [3.05, 3.63) is 35.3 Å². The number of hydrogen-bond acceptors (Lipinski definition) is 7. The van der Waals surface area contributed by atoms with Crippen molar-refractivity contribution < 1.29 is 18.8 Å². The molecule has 0 spiro atoms. The van der Waals surface area contributed by atoms with Crippen molar-refractivity contribution in [3.63, 3.8) is 0 Å². The van der Waals surface area contributed by atoms with Crippen molar-refractivity contribution in [2.45, 2.75) is 25.9 Å². The first-order chi connectivity index (χ1) is 12.0. The van der Waals surface area contributed by atoms with E-state index in [1.165, 1.54) is 7.11 Å². The average molecular weight is 346 g/mol. The number of anilines is 1. The highest BCUT2D eigenvalue weighted by molar-refractivity contribution is 5.76. The van der Waals surface area contributed by atoms with Gasteiger partial charge in [-0.3, -0.25) is 9.78 Å². The average Bonchev–Trinajstić information content (AvgIpc) is 3.07. The predicted octanol–water partition coefficient (Wildman–Crippen LogP) is 1.50. The van der Waals surface area contributed by atoms with Crippen LogP contribution in [0.5, 0.6) is 5.88 Å². The number of amides is 1. The Hall–Kier alpha value is -2.61. The van der Waals surface area contributed by atoms with Crippen LogP contribution in [0.3, 0.4) is 0 Å². The second-order valence-corrected chi connectivity index (χ2v) is 6.00. The van der Waals surface area contributed by atoms with Crippen LogP contribution in [0.4, 0.5) is 5.69 Å². The highest BCUT2D eigenvalue weighted by Crippen LogP contribution is 2.23. The third-order valence-electron chi connectivity index (χ3n) is 4.08. The van der Waals surface area contributed by atoms with Gasteiger partial charge in [0.05, 0.1) is 26.0 Å². The van der Waals surface area contributed by atoms with E-state index in [2.05, 4.69) is 10.1 Å². The third kappa shape index (κ3) is 4.27. The number of methoxy groups -OCH3 is 1. The number of nitrogens with two attached hydrogens (primary N) is 1. The first-order valence-corrected chi connectivity index (χ1v) is 8.18. The molecule has 2 aromatic rings. The molecule has 8 nitrogen and oxygen atoms in total. The molecule has 0 bridgehead atoms. The van der Waals surface area contributed by atoms with E-state index in [-0.39, 0.29) is 12.0 Å². The zero-order valence-corrected chi connectivity index (χ0v) is 14.4. The van der Waals surface area contributed by atoms with Gasteiger partial charge in [-0.1, -0.05) is 0 Å². The summed E-state index contributed by atoms with van der Waals surface area (Å²) in [5.74, 6) is 1.09. The highest BCUT2D eigenvalue weighted by atomic mass is 16.5. The Morgan fingerprint density at radius 3 is 3.00 bits per heavy atom. The number of ether oxygens (including phenoxy) is 2. The molecule has 1 amide bonds. The summed E-state index contributed by atoms with van der Waals surface area (Å²) in [6.45, 7) is 3.39. The number of hydrogen-bond donors (Lipinski definition) is 1. The van der Waals surface area contributed by atoms with Gasteiger partial charge in [0.15, 0.2) is 0 Å². The van der Waals surface area contributed by atoms with E-state index in [1.54, 1.807) is 23.1 Å². The molecule has 1 saturated heterocycles. The standard InChI is InChI=1S/C17H22N4O4/c1-11-7-12(18)8-14(19-11)15-10-21(5-6-24-15)17(22)4-3-13-9-16(23-2)20-25-13/h7-9,15H,3-6,10H2,1-2H3,(H2,18,19)/t15-/m1/s1. The van der Waals surface area contributed by atoms with Crippen molar-refractivity contribution in [2.24, 2.45) is 0 Å². The molecule has 1 fully saturated rings. The summed E-state index contributed by atoms with van der Waals surface area (Å²) >= 11 is 0. The summed E-state index contributed by atoms with van der Waals surface area (Å²) < 4.78 is 15.9. The normalized spacial score (nSPS) is 17.5. The largest absolute Gasteiger partial charge is 0.479 e. The highest BCUT2D eigenvalue weighted by Gasteiger charge is 2.26. The van der Waals surface area contributed by atoms with Gasteiger partial charge in [-0.15, -0.1) is 0 Å². The number of aryl methyl sites for hydroxylation is 2. The fraction of sp³-hybridized carbons (Fsp3) is 0.471. The molecule has 2 N–H and O–H groups in total. The third-order valence-corrected chi connectivity index (χ3v) is 4.08. The topological polar surface area (TPSA) is 104 Å². The number of morpholine rings is 1. The lowest BCUT2D eigenvalue weighted by Crippen LogP contribution is -2.42. The van der Waals surface area contributed by atoms with Crippen molar-refractivity contribution in [1.82, 2.24) is 15.0 Å². The monoisotopic (exact) mass is 346 g/mol. The van der Waals surface area contributed by atoms with E-state index < -0.39 is 0 Å². The predicted molar refractivity (Wildman–Crippen MR) is 90.0 cm³/mol. The van der Waals surface area contributed by atoms with Gasteiger partial charge in [0.25, 0.3) is 5.88 Å². The molecule has 0 aliphatic carbocycles. The first-order valence-electron chi connectivity index (χ1n) is 8.18. The van der Waals surface area contributed by atoms with Gasteiger partial charge in [-0.05, 0) is 24.2 Å². The first kappa shape index (κ1) is 17.2. The van der Waals surface area contributed by atoms with Crippen LogP contribution in [-0.4, -0.2) is 47.8 Å². The summed E-state index contributed by atoms with van der Waals surface area (Å²) in [6, 6.07) is 5.29. The molecule has 1 aliphatic rings. The van der Waals surface area contributed by atoms with Crippen LogP contribution < -0.4 is 10.5 Å². The van der Waals surface area contributed by atoms with Crippen molar-refractivity contribution >= 4 is 11.6 Å². The Labute approximate surface area is 145 Å². The van der Waals surface area contributed by atoms with Crippen LogP contribution in [0.2, 0.25) is 0 Å². The number of carbonyl (C=O) groups is 1. The molecule has 1 aliphatic heterocycles. The molecule has 2 aromatic heterocycles. The molecule has 0 radical (unpaired) electrons. The van der Waals surface area contributed by atoms with E-state index in [1.807, 2.05) is 6.92 Å². The fourth-order valence-electron chi connectivity index (χ4n) is 2.84. The Morgan fingerprint density at radius 1 is 1.44 bits per heavy atom. The van der Waals surface area contributed by atoms with Gasteiger partial charge >= 0.3 is 0 Å². The minimum atomic E-state index is -0.259. The molecular formula is C17H22N4O4. The number of rotatable bonds is 5. The molecule has 0 unspecified atom stereocenters. The van der Waals surface area contributed by atoms with Crippen LogP contribution in [0.1, 0.15) is 29.7 Å². The van der Waals surface area contributed by atoms with Gasteiger partial charge < -0.3 is 24.6 Å². The molecule has 25 heavy (non-hydrogen) atoms. The van der Waals surface area contributed by atoms with Gasteiger partial charge in [0, 0.05) is 36.8 Å². The number of aromatic nitrogens is 2. The minimum absolute atomic E-state index is 0.0456. The van der Waals surface area contributed by atoms with Crippen molar-refractivity contribution in [2.75, 3.05) is 32.5 Å². The SMILES string of the molecule is COc1cc(CCC(=O)N2CCO[C@@H](c3cc(N)cc(C)n3)C2)on1. The van der Waals surface area contributed by atoms with E-state index in [4.69, 9.17) is 19.7 Å². The maximum Gasteiger partial charge on any atom is 0.254 e. The van der Waals surface area contributed by atoms with Crippen LogP contribution in [-0.2, 0) is 16.0 Å². The second kappa shape index (κ2) is 7.52. The van der Waals surface area contributed by atoms with Crippen molar-refractivity contribution in [3.8, 4) is 5.88 Å². The van der Waals surface area contributed by atoms with E-state index in [9.17, 15) is 4.79 Å². The number of nitrogen functional groups attached to an aromatic ring is 1. The molecule has 8 heteroatoms. The van der Waals surface area contributed by atoms with Crippen LogP contribution in [0.25, 0.3) is 0 Å². The Kier molecular flexibility index (Phi) is 5.18. The lowest BCUT2D eigenvalue weighted by atomic mass is 10.1. The lowest BCUT2D eigenvalue weighted by molar-refractivity contribution is -0.139. The van der Waals surface area contributed by atoms with Crippen LogP contribution in [0.15, 0.2) is 22.7 Å². The van der Waals surface area contributed by atoms with Crippen LogP contribution >= 0.6 is 0 Å². The fourth-order valence-corrected chi connectivity index (χ4v) is 2.84. The summed E-state index contributed by atoms with van der Waals surface area (Å²) in [7, 11) is 1.52. The van der Waals surface area contributed by atoms with Gasteiger partial charge in [-0.2, -0.15) is 0 Å². The number of pyridine rings is 1. The maximum atomic E-state index is 12.5. The molecule has 134 valence electrons. The van der Waals surface area contributed by atoms with E-state index in [0.717, 1.165) is 11.4 Å². The Bertz CT molecular complexity index is 726.